The van der Waals surface area contributed by atoms with Crippen LogP contribution >= 0.6 is 0 Å². The molecule has 32 heavy (non-hydrogen) atoms. The van der Waals surface area contributed by atoms with Crippen molar-refractivity contribution in [2.24, 2.45) is 5.92 Å². The van der Waals surface area contributed by atoms with Crippen LogP contribution in [0.2, 0.25) is 0 Å². The van der Waals surface area contributed by atoms with Gasteiger partial charge in [-0.3, -0.25) is 0 Å². The van der Waals surface area contributed by atoms with E-state index in [-0.39, 0.29) is 5.82 Å². The Morgan fingerprint density at radius 3 is 2.69 bits per heavy atom. The highest BCUT2D eigenvalue weighted by atomic mass is 32.2. The Morgan fingerprint density at radius 2 is 1.84 bits per heavy atom. The molecule has 0 radical (unpaired) electrons. The Morgan fingerprint density at radius 1 is 1.03 bits per heavy atom. The molecule has 0 spiro atoms. The second-order valence-corrected chi connectivity index (χ2v) is 10.4. The van der Waals surface area contributed by atoms with Gasteiger partial charge in [-0.25, -0.2) is 17.5 Å². The standard InChI is InChI=1S/C25H26FN3O2S/c26-22-8-10-25-24(13-22)21(15-27-25)6-3-11-29-16-18(17-29)14-28-32(30,31)23-9-7-19-4-1-2-5-20(19)12-23/h1-2,4-5,7-10,12-13,15,18,27-28H,3,6,11,14,16-17H2. The summed E-state index contributed by atoms with van der Waals surface area (Å²) in [5, 5.41) is 2.90. The average Bonchev–Trinajstić information content (AvgIpc) is 3.16. The molecule has 0 saturated carbocycles. The number of hydrogen-bond acceptors (Lipinski definition) is 3. The Hall–Kier alpha value is -2.74. The van der Waals surface area contributed by atoms with Crippen molar-refractivity contribution >= 4 is 31.7 Å². The molecule has 0 unspecified atom stereocenters. The van der Waals surface area contributed by atoms with Crippen LogP contribution in [0.5, 0.6) is 0 Å². The lowest BCUT2D eigenvalue weighted by Gasteiger charge is -2.39. The van der Waals surface area contributed by atoms with Crippen LogP contribution in [0.1, 0.15) is 12.0 Å². The van der Waals surface area contributed by atoms with Crippen LogP contribution < -0.4 is 4.72 Å². The maximum atomic E-state index is 13.5. The Balaban J connectivity index is 1.08. The summed E-state index contributed by atoms with van der Waals surface area (Å²) in [5.74, 6) is 0.113. The Bertz CT molecular complexity index is 1360. The molecule has 0 amide bonds. The van der Waals surface area contributed by atoms with E-state index < -0.39 is 10.0 Å². The lowest BCUT2D eigenvalue weighted by Crippen LogP contribution is -2.51. The van der Waals surface area contributed by atoms with E-state index in [1.807, 2.05) is 36.5 Å². The van der Waals surface area contributed by atoms with Crippen molar-refractivity contribution in [3.8, 4) is 0 Å². The molecular weight excluding hydrogens is 425 g/mol. The number of fused-ring (bicyclic) bond motifs is 2. The minimum Gasteiger partial charge on any atom is -0.361 e. The number of aromatic nitrogens is 1. The summed E-state index contributed by atoms with van der Waals surface area (Å²) in [6, 6.07) is 17.8. The van der Waals surface area contributed by atoms with Gasteiger partial charge in [0, 0.05) is 36.7 Å². The quantitative estimate of drug-likeness (QED) is 0.420. The molecule has 1 saturated heterocycles. The number of aromatic amines is 1. The average molecular weight is 452 g/mol. The van der Waals surface area contributed by atoms with Gasteiger partial charge in [0.05, 0.1) is 4.90 Å². The van der Waals surface area contributed by atoms with Gasteiger partial charge in [-0.15, -0.1) is 0 Å². The highest BCUT2D eigenvalue weighted by molar-refractivity contribution is 7.89. The Labute approximate surface area is 187 Å². The van der Waals surface area contributed by atoms with E-state index in [2.05, 4.69) is 14.6 Å². The maximum Gasteiger partial charge on any atom is 0.240 e. The van der Waals surface area contributed by atoms with Crippen molar-refractivity contribution in [2.75, 3.05) is 26.2 Å². The molecule has 2 heterocycles. The van der Waals surface area contributed by atoms with E-state index in [0.717, 1.165) is 59.7 Å². The number of halogens is 1. The third kappa shape index (κ3) is 4.41. The number of H-pyrrole nitrogens is 1. The summed E-state index contributed by atoms with van der Waals surface area (Å²) in [6.07, 6.45) is 3.84. The molecule has 0 bridgehead atoms. The molecule has 0 atom stereocenters. The molecule has 166 valence electrons. The fraction of sp³-hybridized carbons (Fsp3) is 0.280. The molecule has 1 fully saturated rings. The van der Waals surface area contributed by atoms with Crippen molar-refractivity contribution in [2.45, 2.75) is 17.7 Å². The van der Waals surface area contributed by atoms with Gasteiger partial charge in [-0.05, 0) is 72.0 Å². The van der Waals surface area contributed by atoms with Crippen LogP contribution in [0.3, 0.4) is 0 Å². The highest BCUT2D eigenvalue weighted by Crippen LogP contribution is 2.23. The molecule has 1 aromatic heterocycles. The molecule has 1 aliphatic rings. The molecule has 2 N–H and O–H groups in total. The summed E-state index contributed by atoms with van der Waals surface area (Å²) in [5.41, 5.74) is 2.10. The minimum atomic E-state index is -3.51. The van der Waals surface area contributed by atoms with E-state index in [9.17, 15) is 12.8 Å². The normalized spacial score (nSPS) is 15.4. The minimum absolute atomic E-state index is 0.213. The maximum absolute atomic E-state index is 13.5. The first kappa shape index (κ1) is 21.1. The molecule has 3 aromatic carbocycles. The topological polar surface area (TPSA) is 65.2 Å². The van der Waals surface area contributed by atoms with Gasteiger partial charge in [0.2, 0.25) is 10.0 Å². The molecule has 4 aromatic rings. The van der Waals surface area contributed by atoms with Crippen LogP contribution in [0.15, 0.2) is 71.8 Å². The van der Waals surface area contributed by atoms with E-state index in [1.54, 1.807) is 24.3 Å². The summed E-state index contributed by atoms with van der Waals surface area (Å²) in [6.45, 7) is 3.19. The van der Waals surface area contributed by atoms with Gasteiger partial charge in [0.25, 0.3) is 0 Å². The molecule has 7 heteroatoms. The van der Waals surface area contributed by atoms with Gasteiger partial charge in [-0.1, -0.05) is 30.3 Å². The predicted molar refractivity (Wildman–Crippen MR) is 126 cm³/mol. The van der Waals surface area contributed by atoms with E-state index in [1.165, 1.54) is 6.07 Å². The van der Waals surface area contributed by atoms with E-state index in [4.69, 9.17) is 0 Å². The van der Waals surface area contributed by atoms with Gasteiger partial charge < -0.3 is 9.88 Å². The van der Waals surface area contributed by atoms with Crippen LogP contribution in [0.4, 0.5) is 4.39 Å². The fourth-order valence-electron chi connectivity index (χ4n) is 4.48. The van der Waals surface area contributed by atoms with Crippen LogP contribution in [0.25, 0.3) is 21.7 Å². The summed E-state index contributed by atoms with van der Waals surface area (Å²) in [7, 11) is -3.51. The molecule has 1 aliphatic heterocycles. The third-order valence-electron chi connectivity index (χ3n) is 6.28. The summed E-state index contributed by atoms with van der Waals surface area (Å²) >= 11 is 0. The van der Waals surface area contributed by atoms with Gasteiger partial charge in [0.15, 0.2) is 0 Å². The number of nitrogens with one attached hydrogen (secondary N) is 2. The van der Waals surface area contributed by atoms with Gasteiger partial charge in [0.1, 0.15) is 5.82 Å². The van der Waals surface area contributed by atoms with Crippen LogP contribution in [-0.2, 0) is 16.4 Å². The van der Waals surface area contributed by atoms with Crippen molar-refractivity contribution in [1.29, 1.82) is 0 Å². The number of rotatable bonds is 8. The van der Waals surface area contributed by atoms with Gasteiger partial charge >= 0.3 is 0 Å². The third-order valence-corrected chi connectivity index (χ3v) is 7.70. The van der Waals surface area contributed by atoms with Gasteiger partial charge in [-0.2, -0.15) is 0 Å². The SMILES string of the molecule is O=S(=O)(NCC1CN(CCCc2c[nH]c3ccc(F)cc23)C1)c1ccc2ccccc2c1. The van der Waals surface area contributed by atoms with Crippen LogP contribution in [0, 0.1) is 11.7 Å². The first-order valence-electron chi connectivity index (χ1n) is 10.9. The van der Waals surface area contributed by atoms with E-state index in [0.29, 0.717) is 17.4 Å². The van der Waals surface area contributed by atoms with Crippen molar-refractivity contribution in [3.05, 3.63) is 78.2 Å². The monoisotopic (exact) mass is 451 g/mol. The van der Waals surface area contributed by atoms with E-state index >= 15 is 0 Å². The number of aryl methyl sites for hydroxylation is 1. The number of sulfonamides is 1. The summed E-state index contributed by atoms with van der Waals surface area (Å²) in [4.78, 5) is 5.84. The highest BCUT2D eigenvalue weighted by Gasteiger charge is 2.27. The predicted octanol–water partition coefficient (Wildman–Crippen LogP) is 4.30. The zero-order valence-electron chi connectivity index (χ0n) is 17.7. The molecule has 5 rings (SSSR count). The zero-order chi connectivity index (χ0) is 22.1. The first-order chi connectivity index (χ1) is 15.5. The lowest BCUT2D eigenvalue weighted by molar-refractivity contribution is 0.102. The number of hydrogen-bond donors (Lipinski definition) is 2. The smallest absolute Gasteiger partial charge is 0.240 e. The van der Waals surface area contributed by atoms with Crippen molar-refractivity contribution in [3.63, 3.8) is 0 Å². The number of likely N-dealkylation sites (tertiary alicyclic amines) is 1. The van der Waals surface area contributed by atoms with Crippen molar-refractivity contribution in [1.82, 2.24) is 14.6 Å². The largest absolute Gasteiger partial charge is 0.361 e. The van der Waals surface area contributed by atoms with Crippen molar-refractivity contribution < 1.29 is 12.8 Å². The molecular formula is C25H26FN3O2S. The second-order valence-electron chi connectivity index (χ2n) is 8.59. The Kier molecular flexibility index (Phi) is 5.71. The number of nitrogens with zero attached hydrogens (tertiary/aromatic N) is 1. The first-order valence-corrected chi connectivity index (χ1v) is 12.4. The zero-order valence-corrected chi connectivity index (χ0v) is 18.5. The fourth-order valence-corrected chi connectivity index (χ4v) is 5.64. The molecule has 5 nitrogen and oxygen atoms in total. The second kappa shape index (κ2) is 8.65. The summed E-state index contributed by atoms with van der Waals surface area (Å²) < 4.78 is 41.7. The lowest BCUT2D eigenvalue weighted by atomic mass is 9.99. The number of benzene rings is 3. The molecule has 0 aliphatic carbocycles. The van der Waals surface area contributed by atoms with Crippen LogP contribution in [-0.4, -0.2) is 44.5 Å².